The van der Waals surface area contributed by atoms with E-state index < -0.39 is 6.10 Å². The molecule has 0 aliphatic rings. The molecule has 2 heteroatoms. The normalized spacial score (nSPS) is 12.4. The van der Waals surface area contributed by atoms with Gasteiger partial charge in [0.1, 0.15) is 0 Å². The van der Waals surface area contributed by atoms with Gasteiger partial charge >= 0.3 is 0 Å². The van der Waals surface area contributed by atoms with E-state index in [2.05, 4.69) is 18.0 Å². The van der Waals surface area contributed by atoms with Gasteiger partial charge in [0.15, 0.2) is 0 Å². The number of aryl methyl sites for hydroxylation is 2. The first-order chi connectivity index (χ1) is 8.69. The Balaban J connectivity index is 2.08. The van der Waals surface area contributed by atoms with Crippen LogP contribution in [0.25, 0.3) is 0 Å². The van der Waals surface area contributed by atoms with Crippen LogP contribution in [0, 0.1) is 6.92 Å². The van der Waals surface area contributed by atoms with E-state index in [1.807, 2.05) is 43.5 Å². The van der Waals surface area contributed by atoms with E-state index in [1.165, 1.54) is 11.1 Å². The largest absolute Gasteiger partial charge is 0.388 e. The van der Waals surface area contributed by atoms with Crippen molar-refractivity contribution in [2.24, 2.45) is 0 Å². The maximum Gasteiger partial charge on any atom is 0.0845 e. The number of hydrogen-bond donors (Lipinski definition) is 1. The Labute approximate surface area is 108 Å². The van der Waals surface area contributed by atoms with Gasteiger partial charge in [-0.25, -0.2) is 0 Å². The van der Waals surface area contributed by atoms with Crippen molar-refractivity contribution >= 4 is 0 Å². The van der Waals surface area contributed by atoms with E-state index in [4.69, 9.17) is 0 Å². The van der Waals surface area contributed by atoms with Crippen molar-refractivity contribution in [3.05, 3.63) is 65.0 Å². The van der Waals surface area contributed by atoms with Crippen molar-refractivity contribution in [1.29, 1.82) is 0 Å². The molecule has 0 saturated carbocycles. The Bertz CT molecular complexity index is 505. The predicted molar refractivity (Wildman–Crippen MR) is 73.5 cm³/mol. The molecule has 1 atom stereocenters. The molecule has 18 heavy (non-hydrogen) atoms. The fraction of sp³-hybridized carbons (Fsp3) is 0.312. The summed E-state index contributed by atoms with van der Waals surface area (Å²) in [5.41, 5.74) is 4.28. The van der Waals surface area contributed by atoms with Gasteiger partial charge in [-0.15, -0.1) is 0 Å². The third-order valence-corrected chi connectivity index (χ3v) is 3.12. The molecular formula is C16H19NO. The minimum absolute atomic E-state index is 0.482. The fourth-order valence-corrected chi connectivity index (χ4v) is 1.98. The van der Waals surface area contributed by atoms with E-state index in [1.54, 1.807) is 0 Å². The highest BCUT2D eigenvalue weighted by Crippen LogP contribution is 2.18. The van der Waals surface area contributed by atoms with Crippen LogP contribution in [0.15, 0.2) is 42.6 Å². The number of rotatable bonds is 4. The highest BCUT2D eigenvalue weighted by atomic mass is 16.3. The summed E-state index contributed by atoms with van der Waals surface area (Å²) in [5, 5.41) is 10.2. The SMILES string of the molecule is CCc1ccc(CC(O)c2cccc(C)c2)nc1. The molecule has 0 spiro atoms. The van der Waals surface area contributed by atoms with Gasteiger partial charge in [0.25, 0.3) is 0 Å². The Morgan fingerprint density at radius 2 is 2.06 bits per heavy atom. The Morgan fingerprint density at radius 3 is 2.67 bits per heavy atom. The second kappa shape index (κ2) is 5.78. The van der Waals surface area contributed by atoms with E-state index in [9.17, 15) is 5.11 Å². The molecule has 1 N–H and O–H groups in total. The van der Waals surface area contributed by atoms with Crippen LogP contribution in [-0.4, -0.2) is 10.1 Å². The van der Waals surface area contributed by atoms with Crippen LogP contribution in [-0.2, 0) is 12.8 Å². The van der Waals surface area contributed by atoms with E-state index in [0.717, 1.165) is 17.7 Å². The average Bonchev–Trinajstić information content (AvgIpc) is 2.39. The van der Waals surface area contributed by atoms with Gasteiger partial charge in [-0.3, -0.25) is 4.98 Å². The number of hydrogen-bond acceptors (Lipinski definition) is 2. The maximum atomic E-state index is 10.2. The first-order valence-corrected chi connectivity index (χ1v) is 6.37. The lowest BCUT2D eigenvalue weighted by molar-refractivity contribution is 0.177. The average molecular weight is 241 g/mol. The Hall–Kier alpha value is -1.67. The second-order valence-electron chi connectivity index (χ2n) is 4.65. The molecule has 2 rings (SSSR count). The van der Waals surface area contributed by atoms with E-state index in [-0.39, 0.29) is 0 Å². The van der Waals surface area contributed by atoms with Crippen LogP contribution < -0.4 is 0 Å². The lowest BCUT2D eigenvalue weighted by Crippen LogP contribution is -2.03. The highest BCUT2D eigenvalue weighted by Gasteiger charge is 2.09. The van der Waals surface area contributed by atoms with Gasteiger partial charge in [0, 0.05) is 18.3 Å². The van der Waals surface area contributed by atoms with Crippen molar-refractivity contribution in [1.82, 2.24) is 4.98 Å². The second-order valence-corrected chi connectivity index (χ2v) is 4.65. The maximum absolute atomic E-state index is 10.2. The molecule has 0 amide bonds. The number of aromatic nitrogens is 1. The van der Waals surface area contributed by atoms with Crippen LogP contribution in [0.5, 0.6) is 0 Å². The Kier molecular flexibility index (Phi) is 4.11. The third kappa shape index (κ3) is 3.17. The van der Waals surface area contributed by atoms with Crippen LogP contribution >= 0.6 is 0 Å². The van der Waals surface area contributed by atoms with Gasteiger partial charge in [-0.05, 0) is 30.5 Å². The zero-order chi connectivity index (χ0) is 13.0. The van der Waals surface area contributed by atoms with Crippen molar-refractivity contribution < 1.29 is 5.11 Å². The van der Waals surface area contributed by atoms with Gasteiger partial charge in [-0.1, -0.05) is 42.8 Å². The van der Waals surface area contributed by atoms with Crippen molar-refractivity contribution in [3.63, 3.8) is 0 Å². The zero-order valence-corrected chi connectivity index (χ0v) is 10.9. The molecule has 0 fully saturated rings. The number of aliphatic hydroxyl groups is 1. The topological polar surface area (TPSA) is 33.1 Å². The molecule has 94 valence electrons. The van der Waals surface area contributed by atoms with Crippen LogP contribution in [0.4, 0.5) is 0 Å². The molecule has 0 bridgehead atoms. The molecule has 0 aliphatic heterocycles. The zero-order valence-electron chi connectivity index (χ0n) is 10.9. The monoisotopic (exact) mass is 241 g/mol. The molecule has 0 radical (unpaired) electrons. The van der Waals surface area contributed by atoms with Crippen molar-refractivity contribution in [3.8, 4) is 0 Å². The fourth-order valence-electron chi connectivity index (χ4n) is 1.98. The van der Waals surface area contributed by atoms with Gasteiger partial charge in [-0.2, -0.15) is 0 Å². The van der Waals surface area contributed by atoms with Gasteiger partial charge in [0.05, 0.1) is 6.10 Å². The standard InChI is InChI=1S/C16H19NO/c1-3-13-7-8-15(17-11-13)10-16(18)14-6-4-5-12(2)9-14/h4-9,11,16,18H,3,10H2,1-2H3. The van der Waals surface area contributed by atoms with Gasteiger partial charge in [0.2, 0.25) is 0 Å². The van der Waals surface area contributed by atoms with Crippen LogP contribution in [0.3, 0.4) is 0 Å². The van der Waals surface area contributed by atoms with Crippen LogP contribution in [0.2, 0.25) is 0 Å². The summed E-state index contributed by atoms with van der Waals surface area (Å²) in [6, 6.07) is 12.1. The first-order valence-electron chi connectivity index (χ1n) is 6.37. The molecule has 1 heterocycles. The molecule has 0 saturated heterocycles. The quantitative estimate of drug-likeness (QED) is 0.891. The van der Waals surface area contributed by atoms with E-state index >= 15 is 0 Å². The molecule has 2 aromatic rings. The number of benzene rings is 1. The predicted octanol–water partition coefficient (Wildman–Crippen LogP) is 3.23. The van der Waals surface area contributed by atoms with Crippen molar-refractivity contribution in [2.45, 2.75) is 32.8 Å². The highest BCUT2D eigenvalue weighted by molar-refractivity contribution is 5.25. The number of nitrogens with zero attached hydrogens (tertiary/aromatic N) is 1. The summed E-state index contributed by atoms with van der Waals surface area (Å²) >= 11 is 0. The summed E-state index contributed by atoms with van der Waals surface area (Å²) in [6.45, 7) is 4.14. The molecule has 1 aromatic carbocycles. The van der Waals surface area contributed by atoms with Crippen LogP contribution in [0.1, 0.15) is 35.4 Å². The summed E-state index contributed by atoms with van der Waals surface area (Å²) in [4.78, 5) is 4.38. The summed E-state index contributed by atoms with van der Waals surface area (Å²) in [7, 11) is 0. The molecule has 1 unspecified atom stereocenters. The minimum Gasteiger partial charge on any atom is -0.388 e. The summed E-state index contributed by atoms with van der Waals surface area (Å²) < 4.78 is 0. The lowest BCUT2D eigenvalue weighted by atomic mass is 10.0. The number of aliphatic hydroxyl groups excluding tert-OH is 1. The lowest BCUT2D eigenvalue weighted by Gasteiger charge is -2.11. The Morgan fingerprint density at radius 1 is 1.22 bits per heavy atom. The molecule has 2 nitrogen and oxygen atoms in total. The third-order valence-electron chi connectivity index (χ3n) is 3.12. The molecule has 1 aromatic heterocycles. The molecule has 0 aliphatic carbocycles. The first kappa shape index (κ1) is 12.8. The number of pyridine rings is 1. The molecular weight excluding hydrogens is 222 g/mol. The smallest absolute Gasteiger partial charge is 0.0845 e. The van der Waals surface area contributed by atoms with Gasteiger partial charge < -0.3 is 5.11 Å². The van der Waals surface area contributed by atoms with Crippen molar-refractivity contribution in [2.75, 3.05) is 0 Å². The summed E-state index contributed by atoms with van der Waals surface area (Å²) in [6.07, 6.45) is 2.96. The summed E-state index contributed by atoms with van der Waals surface area (Å²) in [5.74, 6) is 0. The van der Waals surface area contributed by atoms with E-state index in [0.29, 0.717) is 6.42 Å². The minimum atomic E-state index is -0.482.